The van der Waals surface area contributed by atoms with E-state index >= 15 is 0 Å². The van der Waals surface area contributed by atoms with Crippen LogP contribution in [0.5, 0.6) is 0 Å². The van der Waals surface area contributed by atoms with Gasteiger partial charge in [-0.15, -0.1) is 0 Å². The highest BCUT2D eigenvalue weighted by Crippen LogP contribution is 2.60. The number of unbranched alkanes of at least 4 members (excludes halogenated alkanes) is 3. The van der Waals surface area contributed by atoms with E-state index in [2.05, 4.69) is 26.1 Å². The lowest BCUT2D eigenvalue weighted by Crippen LogP contribution is -2.24. The summed E-state index contributed by atoms with van der Waals surface area (Å²) in [5, 5.41) is 3.95. The van der Waals surface area contributed by atoms with E-state index in [1.165, 1.54) is 57.0 Å². The molecule has 0 radical (unpaired) electrons. The Morgan fingerprint density at radius 3 is 1.73 bits per heavy atom. The van der Waals surface area contributed by atoms with Crippen LogP contribution in [0.15, 0.2) is 12.1 Å². The van der Waals surface area contributed by atoms with E-state index in [9.17, 15) is 4.79 Å². The van der Waals surface area contributed by atoms with Crippen LogP contribution in [0.4, 0.5) is 5.69 Å². The smallest absolute Gasteiger partial charge is 0.261 e. The lowest BCUT2D eigenvalue weighted by Gasteiger charge is -2.27. The number of rotatable bonds is 12. The minimum atomic E-state index is -1.22. The maximum Gasteiger partial charge on any atom is 0.261 e. The Morgan fingerprint density at radius 2 is 1.35 bits per heavy atom. The van der Waals surface area contributed by atoms with Gasteiger partial charge in [0.25, 0.3) is 5.91 Å². The van der Waals surface area contributed by atoms with Gasteiger partial charge in [0.15, 0.2) is 0 Å². The van der Waals surface area contributed by atoms with Crippen molar-refractivity contribution >= 4 is 30.5 Å². The number of anilines is 1. The first-order valence-corrected chi connectivity index (χ1v) is 13.2. The van der Waals surface area contributed by atoms with Gasteiger partial charge in [0.1, 0.15) is 6.16 Å². The molecule has 0 unspecified atom stereocenters. The van der Waals surface area contributed by atoms with E-state index in [4.69, 9.17) is 11.6 Å². The third kappa shape index (κ3) is 7.57. The van der Waals surface area contributed by atoms with Crippen LogP contribution in [-0.4, -0.2) is 30.6 Å². The molecule has 0 heterocycles. The molecule has 0 fully saturated rings. The van der Waals surface area contributed by atoms with Gasteiger partial charge in [-0.25, -0.2) is 0 Å². The van der Waals surface area contributed by atoms with E-state index in [-0.39, 0.29) is 5.91 Å². The third-order valence-electron chi connectivity index (χ3n) is 5.20. The van der Waals surface area contributed by atoms with Crippen LogP contribution < -0.4 is 5.32 Å². The third-order valence-corrected chi connectivity index (χ3v) is 10.2. The molecular formula is C22H38ClNOP+. The number of carbonyl (C=O) groups is 1. The fourth-order valence-corrected chi connectivity index (χ4v) is 8.77. The average molecular weight is 399 g/mol. The summed E-state index contributed by atoms with van der Waals surface area (Å²) < 4.78 is 0. The summed E-state index contributed by atoms with van der Waals surface area (Å²) in [5.41, 5.74) is 3.03. The van der Waals surface area contributed by atoms with E-state index in [1.807, 2.05) is 26.0 Å². The van der Waals surface area contributed by atoms with Gasteiger partial charge >= 0.3 is 0 Å². The maximum atomic E-state index is 13.0. The molecule has 1 N–H and O–H groups in total. The minimum absolute atomic E-state index is 0.204. The van der Waals surface area contributed by atoms with E-state index < -0.39 is 7.26 Å². The molecule has 148 valence electrons. The minimum Gasteiger partial charge on any atom is -0.322 e. The monoisotopic (exact) mass is 398 g/mol. The molecule has 4 heteroatoms. The number of hydrogen-bond donors (Lipinski definition) is 1. The molecule has 1 amide bonds. The number of benzene rings is 1. The highest BCUT2D eigenvalue weighted by Gasteiger charge is 2.38. The normalized spacial score (nSPS) is 11.6. The topological polar surface area (TPSA) is 29.1 Å². The summed E-state index contributed by atoms with van der Waals surface area (Å²) in [4.78, 5) is 13.0. The molecule has 26 heavy (non-hydrogen) atoms. The van der Waals surface area contributed by atoms with Gasteiger partial charge in [-0.1, -0.05) is 51.6 Å². The van der Waals surface area contributed by atoms with E-state index in [1.54, 1.807) is 0 Å². The first-order valence-electron chi connectivity index (χ1n) is 10.3. The van der Waals surface area contributed by atoms with Gasteiger partial charge in [-0.05, 0) is 56.4 Å². The van der Waals surface area contributed by atoms with Crippen LogP contribution in [0.1, 0.15) is 70.4 Å². The highest BCUT2D eigenvalue weighted by molar-refractivity contribution is 7.76. The first kappa shape index (κ1) is 23.4. The number of hydrogen-bond acceptors (Lipinski definition) is 1. The second-order valence-corrected chi connectivity index (χ2v) is 12.5. The Morgan fingerprint density at radius 1 is 0.923 bits per heavy atom. The zero-order valence-electron chi connectivity index (χ0n) is 17.5. The van der Waals surface area contributed by atoms with Crippen molar-refractivity contribution in [1.29, 1.82) is 0 Å². The van der Waals surface area contributed by atoms with Crippen molar-refractivity contribution in [2.45, 2.75) is 73.1 Å². The molecule has 0 atom stereocenters. The van der Waals surface area contributed by atoms with Crippen LogP contribution in [0, 0.1) is 13.8 Å². The largest absolute Gasteiger partial charge is 0.322 e. The summed E-state index contributed by atoms with van der Waals surface area (Å²) in [6, 6.07) is 3.86. The number of amides is 1. The molecule has 0 saturated carbocycles. The van der Waals surface area contributed by atoms with E-state index in [0.717, 1.165) is 28.0 Å². The van der Waals surface area contributed by atoms with Crippen molar-refractivity contribution in [3.8, 4) is 0 Å². The number of aryl methyl sites for hydroxylation is 2. The molecule has 0 bridgehead atoms. The van der Waals surface area contributed by atoms with Gasteiger partial charge in [-0.3, -0.25) is 4.79 Å². The molecule has 0 aromatic heterocycles. The molecule has 1 rings (SSSR count). The standard InChI is InChI=1S/C22H37ClNOP/c1-6-9-12-26(13-10-7-2,14-11-8-3)17-21(25)24-22-18(4)15-20(23)16-19(22)5/h15-16H,6-14,17H2,1-5H3/p+1. The van der Waals surface area contributed by atoms with Crippen LogP contribution in [0.2, 0.25) is 5.02 Å². The SMILES string of the molecule is CCCC[P+](CCCC)(CCCC)CC(=O)Nc1c(C)cc(Cl)cc1C. The molecule has 0 aliphatic rings. The van der Waals surface area contributed by atoms with Crippen molar-refractivity contribution < 1.29 is 4.79 Å². The molecule has 1 aromatic rings. The van der Waals surface area contributed by atoms with Gasteiger partial charge in [-0.2, -0.15) is 0 Å². The molecular weight excluding hydrogens is 361 g/mol. The molecule has 2 nitrogen and oxygen atoms in total. The van der Waals surface area contributed by atoms with Crippen molar-refractivity contribution in [1.82, 2.24) is 0 Å². The second kappa shape index (κ2) is 12.0. The summed E-state index contributed by atoms with van der Waals surface area (Å²) in [6.45, 7) is 10.8. The summed E-state index contributed by atoms with van der Waals surface area (Å²) in [7, 11) is -1.22. The molecule has 0 saturated heterocycles. The van der Waals surface area contributed by atoms with Crippen LogP contribution in [-0.2, 0) is 4.79 Å². The quantitative estimate of drug-likeness (QED) is 0.367. The molecule has 0 aliphatic carbocycles. The maximum absolute atomic E-state index is 13.0. The number of nitrogens with one attached hydrogen (secondary N) is 1. The van der Waals surface area contributed by atoms with Gasteiger partial charge < -0.3 is 5.32 Å². The van der Waals surface area contributed by atoms with Crippen LogP contribution in [0.25, 0.3) is 0 Å². The fraction of sp³-hybridized carbons (Fsp3) is 0.682. The van der Waals surface area contributed by atoms with Crippen LogP contribution in [0.3, 0.4) is 0 Å². The zero-order chi connectivity index (χ0) is 19.6. The Bertz CT molecular complexity index is 528. The summed E-state index contributed by atoms with van der Waals surface area (Å²) in [6.07, 6.45) is 12.0. The number of carbonyl (C=O) groups excluding carboxylic acids is 1. The predicted octanol–water partition coefficient (Wildman–Crippen LogP) is 7.31. The van der Waals surface area contributed by atoms with Crippen LogP contribution >= 0.6 is 18.9 Å². The number of halogens is 1. The van der Waals surface area contributed by atoms with E-state index in [0.29, 0.717) is 0 Å². The van der Waals surface area contributed by atoms with Crippen molar-refractivity contribution in [3.63, 3.8) is 0 Å². The van der Waals surface area contributed by atoms with Crippen molar-refractivity contribution in [2.75, 3.05) is 30.0 Å². The van der Waals surface area contributed by atoms with Crippen molar-refractivity contribution in [3.05, 3.63) is 28.3 Å². The molecule has 0 spiro atoms. The zero-order valence-corrected chi connectivity index (χ0v) is 19.1. The van der Waals surface area contributed by atoms with Gasteiger partial charge in [0.2, 0.25) is 0 Å². The highest BCUT2D eigenvalue weighted by atomic mass is 35.5. The van der Waals surface area contributed by atoms with Crippen molar-refractivity contribution in [2.24, 2.45) is 0 Å². The van der Waals surface area contributed by atoms with Gasteiger partial charge in [0.05, 0.1) is 18.5 Å². The first-order chi connectivity index (χ1) is 12.4. The molecule has 1 aromatic carbocycles. The lowest BCUT2D eigenvalue weighted by molar-refractivity contribution is -0.113. The van der Waals surface area contributed by atoms with Gasteiger partial charge in [0, 0.05) is 18.0 Å². The summed E-state index contributed by atoms with van der Waals surface area (Å²) in [5.74, 6) is 0.204. The Balaban J connectivity index is 2.95. The second-order valence-electron chi connectivity index (χ2n) is 7.69. The Hall–Kier alpha value is -0.590. The Kier molecular flexibility index (Phi) is 10.8. The Labute approximate surface area is 166 Å². The average Bonchev–Trinajstić information content (AvgIpc) is 2.59. The molecule has 0 aliphatic heterocycles. The summed E-state index contributed by atoms with van der Waals surface area (Å²) >= 11 is 6.13. The predicted molar refractivity (Wildman–Crippen MR) is 121 cm³/mol. The fourth-order valence-electron chi connectivity index (χ4n) is 3.64. The lowest BCUT2D eigenvalue weighted by atomic mass is 10.1.